The highest BCUT2D eigenvalue weighted by Gasteiger charge is 2.05. The molecule has 2 aromatic rings. The molecular formula is C13H20N6. The minimum Gasteiger partial charge on any atom is -0.352 e. The van der Waals surface area contributed by atoms with Crippen LogP contribution in [-0.2, 0) is 13.1 Å². The van der Waals surface area contributed by atoms with Crippen LogP contribution in [0.5, 0.6) is 0 Å². The molecular weight excluding hydrogens is 240 g/mol. The summed E-state index contributed by atoms with van der Waals surface area (Å²) in [5.74, 6) is 1.63. The van der Waals surface area contributed by atoms with Crippen LogP contribution < -0.4 is 5.32 Å². The molecule has 0 aliphatic heterocycles. The quantitative estimate of drug-likeness (QED) is 0.826. The van der Waals surface area contributed by atoms with Gasteiger partial charge in [0.15, 0.2) is 0 Å². The van der Waals surface area contributed by atoms with Gasteiger partial charge < -0.3 is 10.3 Å². The summed E-state index contributed by atoms with van der Waals surface area (Å²) in [6.45, 7) is 5.70. The first-order chi connectivity index (χ1) is 9.13. The molecule has 0 bridgehead atoms. The average molecular weight is 260 g/mol. The highest BCUT2D eigenvalue weighted by atomic mass is 15.1. The molecule has 2 aromatic heterocycles. The van der Waals surface area contributed by atoms with Crippen molar-refractivity contribution in [2.75, 3.05) is 12.4 Å². The first-order valence-corrected chi connectivity index (χ1v) is 6.37. The van der Waals surface area contributed by atoms with Gasteiger partial charge >= 0.3 is 0 Å². The molecule has 0 saturated carbocycles. The van der Waals surface area contributed by atoms with Gasteiger partial charge in [0.1, 0.15) is 5.82 Å². The van der Waals surface area contributed by atoms with Crippen molar-refractivity contribution in [3.05, 3.63) is 36.2 Å². The third-order valence-electron chi connectivity index (χ3n) is 2.55. The van der Waals surface area contributed by atoms with E-state index in [9.17, 15) is 0 Å². The molecule has 2 rings (SSSR count). The molecule has 0 amide bonds. The number of rotatable bonds is 6. The van der Waals surface area contributed by atoms with Crippen LogP contribution in [0.3, 0.4) is 0 Å². The smallest absolute Gasteiger partial charge is 0.222 e. The maximum atomic E-state index is 4.30. The van der Waals surface area contributed by atoms with Crippen molar-refractivity contribution in [3.8, 4) is 0 Å². The molecule has 2 heterocycles. The van der Waals surface area contributed by atoms with E-state index in [1.54, 1.807) is 6.20 Å². The summed E-state index contributed by atoms with van der Waals surface area (Å²) in [5, 5.41) is 3.17. The Kier molecular flexibility index (Phi) is 4.46. The highest BCUT2D eigenvalue weighted by Crippen LogP contribution is 2.06. The van der Waals surface area contributed by atoms with E-state index in [-0.39, 0.29) is 0 Å². The summed E-state index contributed by atoms with van der Waals surface area (Å²) < 4.78 is 0. The van der Waals surface area contributed by atoms with E-state index >= 15 is 0 Å². The lowest BCUT2D eigenvalue weighted by atomic mass is 10.3. The standard InChI is InChI=1S/C13H20N6/c1-10(2)18-13-16-6-11(7-17-13)8-19(3)9-12-14-4-5-15-12/h4-7,10H,8-9H2,1-3H3,(H,14,15)(H,16,17,18). The third-order valence-corrected chi connectivity index (χ3v) is 2.55. The van der Waals surface area contributed by atoms with Crippen LogP contribution in [0.15, 0.2) is 24.8 Å². The molecule has 0 aliphatic carbocycles. The molecule has 19 heavy (non-hydrogen) atoms. The summed E-state index contributed by atoms with van der Waals surface area (Å²) in [5.41, 5.74) is 1.09. The van der Waals surface area contributed by atoms with E-state index in [0.717, 1.165) is 24.5 Å². The molecule has 0 spiro atoms. The molecule has 6 heteroatoms. The van der Waals surface area contributed by atoms with Crippen LogP contribution in [0, 0.1) is 0 Å². The number of aromatic amines is 1. The van der Waals surface area contributed by atoms with Gasteiger partial charge in [-0.05, 0) is 20.9 Å². The van der Waals surface area contributed by atoms with Crippen molar-refractivity contribution in [3.63, 3.8) is 0 Å². The largest absolute Gasteiger partial charge is 0.352 e. The molecule has 0 aromatic carbocycles. The average Bonchev–Trinajstić information content (AvgIpc) is 2.83. The summed E-state index contributed by atoms with van der Waals surface area (Å²) in [7, 11) is 2.04. The molecule has 102 valence electrons. The Hall–Kier alpha value is -1.95. The maximum absolute atomic E-state index is 4.30. The molecule has 0 atom stereocenters. The van der Waals surface area contributed by atoms with Gasteiger partial charge in [-0.2, -0.15) is 0 Å². The summed E-state index contributed by atoms with van der Waals surface area (Å²) >= 11 is 0. The molecule has 0 unspecified atom stereocenters. The Morgan fingerprint density at radius 2 is 1.95 bits per heavy atom. The van der Waals surface area contributed by atoms with Crippen LogP contribution in [0.2, 0.25) is 0 Å². The highest BCUT2D eigenvalue weighted by molar-refractivity contribution is 5.25. The zero-order valence-electron chi connectivity index (χ0n) is 11.6. The summed E-state index contributed by atoms with van der Waals surface area (Å²) in [4.78, 5) is 18.0. The fraction of sp³-hybridized carbons (Fsp3) is 0.462. The van der Waals surface area contributed by atoms with Crippen LogP contribution in [0.1, 0.15) is 25.2 Å². The monoisotopic (exact) mass is 260 g/mol. The van der Waals surface area contributed by atoms with Crippen LogP contribution >= 0.6 is 0 Å². The van der Waals surface area contributed by atoms with E-state index in [1.807, 2.05) is 25.6 Å². The van der Waals surface area contributed by atoms with E-state index in [2.05, 4.69) is 44.0 Å². The lowest BCUT2D eigenvalue weighted by molar-refractivity contribution is 0.311. The van der Waals surface area contributed by atoms with Gasteiger partial charge in [0.05, 0.1) is 6.54 Å². The van der Waals surface area contributed by atoms with Crippen molar-refractivity contribution < 1.29 is 0 Å². The molecule has 2 N–H and O–H groups in total. The number of anilines is 1. The van der Waals surface area contributed by atoms with Gasteiger partial charge in [0.2, 0.25) is 5.95 Å². The van der Waals surface area contributed by atoms with Crippen molar-refractivity contribution in [1.82, 2.24) is 24.8 Å². The fourth-order valence-corrected chi connectivity index (χ4v) is 1.78. The van der Waals surface area contributed by atoms with Crippen LogP contribution in [-0.4, -0.2) is 37.9 Å². The van der Waals surface area contributed by atoms with E-state index < -0.39 is 0 Å². The Bertz CT molecular complexity index is 476. The molecule has 0 saturated heterocycles. The molecule has 0 fully saturated rings. The van der Waals surface area contributed by atoms with Gasteiger partial charge in [-0.1, -0.05) is 0 Å². The van der Waals surface area contributed by atoms with Crippen molar-refractivity contribution in [1.29, 1.82) is 0 Å². The normalized spacial score (nSPS) is 11.2. The molecule has 0 radical (unpaired) electrons. The van der Waals surface area contributed by atoms with E-state index in [1.165, 1.54) is 0 Å². The summed E-state index contributed by atoms with van der Waals surface area (Å²) in [6.07, 6.45) is 7.31. The molecule has 6 nitrogen and oxygen atoms in total. The Labute approximate surface area is 113 Å². The Morgan fingerprint density at radius 3 is 2.53 bits per heavy atom. The lowest BCUT2D eigenvalue weighted by Gasteiger charge is -2.15. The fourth-order valence-electron chi connectivity index (χ4n) is 1.78. The Balaban J connectivity index is 1.88. The van der Waals surface area contributed by atoms with Gasteiger partial charge in [-0.25, -0.2) is 15.0 Å². The minimum absolute atomic E-state index is 0.340. The predicted octanol–water partition coefficient (Wildman–Crippen LogP) is 1.65. The maximum Gasteiger partial charge on any atom is 0.222 e. The second-order valence-electron chi connectivity index (χ2n) is 4.92. The van der Waals surface area contributed by atoms with Crippen molar-refractivity contribution >= 4 is 5.95 Å². The topological polar surface area (TPSA) is 69.7 Å². The van der Waals surface area contributed by atoms with Crippen molar-refractivity contribution in [2.45, 2.75) is 33.0 Å². The van der Waals surface area contributed by atoms with E-state index in [4.69, 9.17) is 0 Å². The minimum atomic E-state index is 0.340. The van der Waals surface area contributed by atoms with Gasteiger partial charge in [-0.3, -0.25) is 4.90 Å². The predicted molar refractivity (Wildman–Crippen MR) is 74.5 cm³/mol. The second kappa shape index (κ2) is 6.29. The SMILES string of the molecule is CC(C)Nc1ncc(CN(C)Cc2ncc[nH]2)cn1. The Morgan fingerprint density at radius 1 is 1.21 bits per heavy atom. The third kappa shape index (κ3) is 4.33. The van der Waals surface area contributed by atoms with Crippen molar-refractivity contribution in [2.24, 2.45) is 0 Å². The van der Waals surface area contributed by atoms with Gasteiger partial charge in [-0.15, -0.1) is 0 Å². The van der Waals surface area contributed by atoms with E-state index in [0.29, 0.717) is 12.0 Å². The number of nitrogens with one attached hydrogen (secondary N) is 2. The van der Waals surface area contributed by atoms with Gasteiger partial charge in [0.25, 0.3) is 0 Å². The second-order valence-corrected chi connectivity index (χ2v) is 4.92. The van der Waals surface area contributed by atoms with Gasteiger partial charge in [0, 0.05) is 42.9 Å². The number of hydrogen-bond acceptors (Lipinski definition) is 5. The van der Waals surface area contributed by atoms with Crippen LogP contribution in [0.25, 0.3) is 0 Å². The number of nitrogens with zero attached hydrogens (tertiary/aromatic N) is 4. The number of H-pyrrole nitrogens is 1. The zero-order valence-corrected chi connectivity index (χ0v) is 11.6. The first-order valence-electron chi connectivity index (χ1n) is 6.37. The lowest BCUT2D eigenvalue weighted by Crippen LogP contribution is -2.19. The molecule has 0 aliphatic rings. The number of imidazole rings is 1. The summed E-state index contributed by atoms with van der Waals surface area (Å²) in [6, 6.07) is 0.340. The number of hydrogen-bond donors (Lipinski definition) is 2. The van der Waals surface area contributed by atoms with Crippen LogP contribution in [0.4, 0.5) is 5.95 Å². The number of aromatic nitrogens is 4. The zero-order chi connectivity index (χ0) is 13.7. The first kappa shape index (κ1) is 13.5.